The number of ether oxygens (including phenoxy) is 2. The second-order valence-corrected chi connectivity index (χ2v) is 16.5. The van der Waals surface area contributed by atoms with Gasteiger partial charge in [-0.1, -0.05) is 65.0 Å². The molecule has 1 saturated heterocycles. The first-order valence-electron chi connectivity index (χ1n) is 19.9. The van der Waals surface area contributed by atoms with Gasteiger partial charge < -0.3 is 39.9 Å². The number of methoxy groups -OCH3 is 2. The Labute approximate surface area is 343 Å². The summed E-state index contributed by atoms with van der Waals surface area (Å²) in [4.78, 5) is 73.6. The van der Waals surface area contributed by atoms with E-state index < -0.39 is 24.3 Å². The summed E-state index contributed by atoms with van der Waals surface area (Å²) in [6.45, 7) is 12.7. The molecule has 0 bridgehead atoms. The SMILES string of the molecule is CCCN(C(=O)C(NC(=O)OC)C(C)C)C(C)c1ncc(-c2ccc(-c3ccc(-c4ccc5nc(C6CCCN6C(=O)C(NC(=O)OC)C(C)C)[nH]c5c4)s3)cc2)[nH]1. The lowest BCUT2D eigenvalue weighted by Crippen LogP contribution is -2.52. The van der Waals surface area contributed by atoms with Crippen molar-refractivity contribution < 1.29 is 28.7 Å². The second kappa shape index (κ2) is 18.3. The first-order valence-corrected chi connectivity index (χ1v) is 20.7. The molecule has 0 radical (unpaired) electrons. The Morgan fingerprint density at radius 2 is 1.48 bits per heavy atom. The fraction of sp³-hybridized carbons (Fsp3) is 0.442. The molecule has 58 heavy (non-hydrogen) atoms. The topological polar surface area (TPSA) is 175 Å². The van der Waals surface area contributed by atoms with E-state index in [1.54, 1.807) is 22.4 Å². The molecule has 4 heterocycles. The Bertz CT molecular complexity index is 2230. The molecule has 1 fully saturated rings. The van der Waals surface area contributed by atoms with E-state index in [9.17, 15) is 19.2 Å². The Hall–Kier alpha value is -5.70. The molecule has 4 unspecified atom stereocenters. The Balaban J connectivity index is 1.15. The number of hydrogen-bond donors (Lipinski definition) is 4. The van der Waals surface area contributed by atoms with E-state index in [0.29, 0.717) is 18.9 Å². The third-order valence-corrected chi connectivity index (χ3v) is 11.9. The second-order valence-electron chi connectivity index (χ2n) is 15.4. The van der Waals surface area contributed by atoms with Gasteiger partial charge in [-0.15, -0.1) is 11.3 Å². The lowest BCUT2D eigenvalue weighted by molar-refractivity contribution is -0.137. The van der Waals surface area contributed by atoms with Gasteiger partial charge in [0.2, 0.25) is 11.8 Å². The van der Waals surface area contributed by atoms with Gasteiger partial charge in [-0.05, 0) is 79.0 Å². The van der Waals surface area contributed by atoms with Gasteiger partial charge in [-0.3, -0.25) is 9.59 Å². The van der Waals surface area contributed by atoms with Crippen molar-refractivity contribution in [3.05, 3.63) is 72.4 Å². The highest BCUT2D eigenvalue weighted by atomic mass is 32.1. The van der Waals surface area contributed by atoms with E-state index >= 15 is 0 Å². The molecule has 4 N–H and O–H groups in total. The number of nitrogens with one attached hydrogen (secondary N) is 4. The fourth-order valence-corrected chi connectivity index (χ4v) is 8.46. The van der Waals surface area contributed by atoms with Crippen molar-refractivity contribution in [3.63, 3.8) is 0 Å². The summed E-state index contributed by atoms with van der Waals surface area (Å²) in [6.07, 6.45) is 2.90. The maximum absolute atomic E-state index is 13.7. The number of benzene rings is 2. The lowest BCUT2D eigenvalue weighted by Gasteiger charge is -2.33. The van der Waals surface area contributed by atoms with Gasteiger partial charge in [0, 0.05) is 22.8 Å². The summed E-state index contributed by atoms with van der Waals surface area (Å²) in [5.74, 6) is 0.841. The van der Waals surface area contributed by atoms with Crippen molar-refractivity contribution in [2.75, 3.05) is 27.3 Å². The number of carbonyl (C=O) groups is 4. The highest BCUT2D eigenvalue weighted by Crippen LogP contribution is 2.38. The zero-order valence-corrected chi connectivity index (χ0v) is 35.2. The van der Waals surface area contributed by atoms with Crippen LogP contribution < -0.4 is 10.6 Å². The third-order valence-electron chi connectivity index (χ3n) is 10.7. The van der Waals surface area contributed by atoms with E-state index in [4.69, 9.17) is 14.5 Å². The number of hydrogen-bond acceptors (Lipinski definition) is 9. The number of nitrogens with zero attached hydrogens (tertiary/aromatic N) is 4. The molecule has 3 aromatic heterocycles. The summed E-state index contributed by atoms with van der Waals surface area (Å²) >= 11 is 1.70. The van der Waals surface area contributed by atoms with Crippen LogP contribution in [-0.4, -0.2) is 93.1 Å². The Kier molecular flexibility index (Phi) is 13.2. The molecular formula is C43H54N8O6S. The van der Waals surface area contributed by atoms with Gasteiger partial charge in [0.25, 0.3) is 0 Å². The van der Waals surface area contributed by atoms with Gasteiger partial charge >= 0.3 is 12.2 Å². The normalized spacial score (nSPS) is 15.7. The van der Waals surface area contributed by atoms with Crippen LogP contribution in [-0.2, 0) is 19.1 Å². The minimum Gasteiger partial charge on any atom is -0.453 e. The number of alkyl carbamates (subject to hydrolysis) is 2. The average Bonchev–Trinajstić information content (AvgIpc) is 4.06. The molecular weight excluding hydrogens is 757 g/mol. The predicted octanol–water partition coefficient (Wildman–Crippen LogP) is 8.07. The number of thiophene rings is 1. The number of amides is 4. The van der Waals surface area contributed by atoms with Crippen LogP contribution in [0.1, 0.15) is 84.5 Å². The number of fused-ring (bicyclic) bond motifs is 1. The number of H-pyrrole nitrogens is 2. The predicted molar refractivity (Wildman–Crippen MR) is 225 cm³/mol. The van der Waals surface area contributed by atoms with E-state index in [1.807, 2.05) is 52.5 Å². The van der Waals surface area contributed by atoms with Crippen molar-refractivity contribution in [1.29, 1.82) is 0 Å². The van der Waals surface area contributed by atoms with Crippen LogP contribution in [0.3, 0.4) is 0 Å². The van der Waals surface area contributed by atoms with E-state index in [-0.39, 0.29) is 35.7 Å². The van der Waals surface area contributed by atoms with E-state index in [1.165, 1.54) is 14.2 Å². The van der Waals surface area contributed by atoms with Crippen molar-refractivity contribution in [2.45, 2.75) is 85.0 Å². The maximum Gasteiger partial charge on any atom is 0.407 e. The average molecular weight is 811 g/mol. The molecule has 0 saturated carbocycles. The standard InChI is InChI=1S/C43H54N8O6S/c1-9-20-50(40(52)36(24(2)3)48-42(54)56-7)26(6)38-44-23-32(47-38)27-12-14-28(15-13-27)34-18-19-35(58-34)29-16-17-30-31(22-29)46-39(45-30)33-11-10-21-51(33)41(53)37(25(4)5)49-43(55)57-8/h12-19,22-26,33,36-37H,9-11,20-21H2,1-8H3,(H,44,47)(H,45,46)(H,48,54)(H,49,55). The number of likely N-dealkylation sites (tertiary alicyclic amines) is 1. The van der Waals surface area contributed by atoms with E-state index in [0.717, 1.165) is 68.3 Å². The molecule has 4 atom stereocenters. The number of imidazole rings is 2. The minimum atomic E-state index is -0.725. The number of carbonyl (C=O) groups excluding carboxylic acids is 4. The molecule has 4 amide bonds. The summed E-state index contributed by atoms with van der Waals surface area (Å²) in [5.41, 5.74) is 5.68. The quantitative estimate of drug-likeness (QED) is 0.0871. The maximum atomic E-state index is 13.7. The third kappa shape index (κ3) is 9.04. The molecule has 1 aliphatic rings. The summed E-state index contributed by atoms with van der Waals surface area (Å²) < 4.78 is 9.55. The summed E-state index contributed by atoms with van der Waals surface area (Å²) in [6, 6.07) is 16.8. The smallest absolute Gasteiger partial charge is 0.407 e. The first kappa shape index (κ1) is 41.9. The lowest BCUT2D eigenvalue weighted by atomic mass is 10.0. The van der Waals surface area contributed by atoms with Gasteiger partial charge in [-0.2, -0.15) is 0 Å². The van der Waals surface area contributed by atoms with Crippen LogP contribution in [0.15, 0.2) is 60.8 Å². The highest BCUT2D eigenvalue weighted by molar-refractivity contribution is 7.18. The van der Waals surface area contributed by atoms with Crippen LogP contribution in [0, 0.1) is 11.8 Å². The Morgan fingerprint density at radius 1 is 0.862 bits per heavy atom. The van der Waals surface area contributed by atoms with Gasteiger partial charge in [0.1, 0.15) is 23.7 Å². The van der Waals surface area contributed by atoms with Gasteiger partial charge in [0.15, 0.2) is 0 Å². The molecule has 0 aliphatic carbocycles. The van der Waals surface area contributed by atoms with Crippen molar-refractivity contribution >= 4 is 46.4 Å². The number of rotatable bonds is 14. The number of aromatic amines is 2. The van der Waals surface area contributed by atoms with Crippen molar-refractivity contribution in [3.8, 4) is 32.1 Å². The van der Waals surface area contributed by atoms with Crippen LogP contribution in [0.2, 0.25) is 0 Å². The van der Waals surface area contributed by atoms with E-state index in [2.05, 4.69) is 74.1 Å². The Morgan fingerprint density at radius 3 is 2.12 bits per heavy atom. The molecule has 15 heteroatoms. The first-order chi connectivity index (χ1) is 27.8. The number of aromatic nitrogens is 4. The molecule has 14 nitrogen and oxygen atoms in total. The van der Waals surface area contributed by atoms with Crippen molar-refractivity contribution in [2.24, 2.45) is 11.8 Å². The molecule has 5 aromatic rings. The largest absolute Gasteiger partial charge is 0.453 e. The summed E-state index contributed by atoms with van der Waals surface area (Å²) in [7, 11) is 2.58. The van der Waals surface area contributed by atoms with Crippen molar-refractivity contribution in [1.82, 2.24) is 40.4 Å². The minimum absolute atomic E-state index is 0.108. The van der Waals surface area contributed by atoms with Gasteiger partial charge in [-0.25, -0.2) is 19.6 Å². The summed E-state index contributed by atoms with van der Waals surface area (Å²) in [5, 5.41) is 5.40. The van der Waals surface area contributed by atoms with Crippen LogP contribution in [0.4, 0.5) is 9.59 Å². The highest BCUT2D eigenvalue weighted by Gasteiger charge is 2.38. The van der Waals surface area contributed by atoms with Crippen LogP contribution >= 0.6 is 11.3 Å². The monoisotopic (exact) mass is 810 g/mol. The van der Waals surface area contributed by atoms with Crippen LogP contribution in [0.5, 0.6) is 0 Å². The molecule has 2 aromatic carbocycles. The fourth-order valence-electron chi connectivity index (χ4n) is 7.45. The molecule has 6 rings (SSSR count). The van der Waals surface area contributed by atoms with Gasteiger partial charge in [0.05, 0.1) is 49.2 Å². The van der Waals surface area contributed by atoms with Crippen LogP contribution in [0.25, 0.3) is 43.2 Å². The zero-order chi connectivity index (χ0) is 41.7. The molecule has 1 aliphatic heterocycles. The zero-order valence-electron chi connectivity index (χ0n) is 34.4. The molecule has 308 valence electrons. The molecule has 0 spiro atoms.